The summed E-state index contributed by atoms with van der Waals surface area (Å²) in [6.07, 6.45) is 5.33. The first kappa shape index (κ1) is 22.1. The Morgan fingerprint density at radius 1 is 0.844 bits per heavy atom. The first-order valence-corrected chi connectivity index (χ1v) is 11.2. The van der Waals surface area contributed by atoms with Gasteiger partial charge in [-0.25, -0.2) is 4.39 Å². The molecule has 0 amide bonds. The van der Waals surface area contributed by atoms with Gasteiger partial charge < -0.3 is 9.47 Å². The number of ether oxygens (including phenoxy) is 2. The third-order valence-electron chi connectivity index (χ3n) is 5.85. The van der Waals surface area contributed by atoms with Crippen molar-refractivity contribution in [3.05, 3.63) is 89.7 Å². The van der Waals surface area contributed by atoms with Crippen molar-refractivity contribution in [1.82, 2.24) is 0 Å². The van der Waals surface area contributed by atoms with Crippen LogP contribution in [0.15, 0.2) is 72.5 Å². The second kappa shape index (κ2) is 9.99. The van der Waals surface area contributed by atoms with Crippen molar-refractivity contribution < 1.29 is 18.3 Å². The highest BCUT2D eigenvalue weighted by Gasteiger charge is 2.18. The predicted molar refractivity (Wildman–Crippen MR) is 125 cm³/mol. The molecule has 32 heavy (non-hydrogen) atoms. The van der Waals surface area contributed by atoms with Gasteiger partial charge in [0.1, 0.15) is 0 Å². The Morgan fingerprint density at radius 3 is 2.09 bits per heavy atom. The maximum atomic E-state index is 14.5. The van der Waals surface area contributed by atoms with Gasteiger partial charge in [-0.15, -0.1) is 0 Å². The third kappa shape index (κ3) is 4.69. The molecule has 1 aliphatic heterocycles. The lowest BCUT2D eigenvalue weighted by Crippen LogP contribution is -2.12. The Hall–Kier alpha value is -3.14. The van der Waals surface area contributed by atoms with Crippen molar-refractivity contribution in [2.75, 3.05) is 13.2 Å². The summed E-state index contributed by atoms with van der Waals surface area (Å²) in [5.41, 5.74) is 4.22. The molecule has 4 rings (SSSR count). The summed E-state index contributed by atoms with van der Waals surface area (Å²) in [5.74, 6) is -0.411. The maximum absolute atomic E-state index is 14.5. The molecule has 0 aromatic heterocycles. The first-order valence-electron chi connectivity index (χ1n) is 11.2. The van der Waals surface area contributed by atoms with Crippen molar-refractivity contribution in [2.45, 2.75) is 39.0 Å². The zero-order valence-electron chi connectivity index (χ0n) is 18.5. The van der Waals surface area contributed by atoms with Gasteiger partial charge >= 0.3 is 0 Å². The minimum atomic E-state index is -0.952. The molecule has 3 aromatic rings. The van der Waals surface area contributed by atoms with Crippen molar-refractivity contribution in [2.24, 2.45) is 0 Å². The van der Waals surface area contributed by atoms with Crippen LogP contribution >= 0.6 is 0 Å². The molecule has 0 aliphatic carbocycles. The van der Waals surface area contributed by atoms with Crippen molar-refractivity contribution in [3.63, 3.8) is 0 Å². The van der Waals surface area contributed by atoms with Crippen LogP contribution in [0.1, 0.15) is 44.6 Å². The highest BCUT2D eigenvalue weighted by Crippen LogP contribution is 2.33. The topological polar surface area (TPSA) is 18.5 Å². The van der Waals surface area contributed by atoms with Crippen LogP contribution in [0.25, 0.3) is 22.3 Å². The van der Waals surface area contributed by atoms with E-state index in [0.29, 0.717) is 11.5 Å². The molecule has 3 aromatic carbocycles. The Balaban J connectivity index is 1.49. The van der Waals surface area contributed by atoms with Crippen LogP contribution in [-0.2, 0) is 4.74 Å². The van der Waals surface area contributed by atoms with Crippen molar-refractivity contribution >= 4 is 0 Å². The molecule has 0 spiro atoms. The predicted octanol–water partition coefficient (Wildman–Crippen LogP) is 7.89. The fourth-order valence-electron chi connectivity index (χ4n) is 4.07. The SMILES string of the molecule is CCCC1=CCC(c2ccc(-c3ccc(-c4ccc(OCC)c(F)c4F)cc3)cc2)CO1. The van der Waals surface area contributed by atoms with Gasteiger partial charge in [0.25, 0.3) is 0 Å². The minimum Gasteiger partial charge on any atom is -0.498 e. The van der Waals surface area contributed by atoms with Gasteiger partial charge in [0.05, 0.1) is 19.0 Å². The standard InChI is InChI=1S/C28H28F2O2/c1-3-5-24-15-14-23(18-32-24)21-8-6-19(7-9-21)20-10-12-22(13-11-20)25-16-17-26(31-4-2)28(30)27(25)29/h6-13,15-17,23H,3-5,14,18H2,1-2H3. The summed E-state index contributed by atoms with van der Waals surface area (Å²) in [5, 5.41) is 0. The lowest BCUT2D eigenvalue weighted by molar-refractivity contribution is 0.166. The monoisotopic (exact) mass is 434 g/mol. The smallest absolute Gasteiger partial charge is 0.201 e. The molecule has 1 aliphatic rings. The number of rotatable bonds is 7. The third-order valence-corrected chi connectivity index (χ3v) is 5.85. The molecule has 0 N–H and O–H groups in total. The lowest BCUT2D eigenvalue weighted by atomic mass is 9.92. The van der Waals surface area contributed by atoms with Crippen LogP contribution < -0.4 is 4.74 Å². The van der Waals surface area contributed by atoms with Gasteiger partial charge in [0, 0.05) is 17.9 Å². The van der Waals surface area contributed by atoms with Gasteiger partial charge in [0.2, 0.25) is 5.82 Å². The van der Waals surface area contributed by atoms with E-state index in [4.69, 9.17) is 9.47 Å². The maximum Gasteiger partial charge on any atom is 0.201 e. The summed E-state index contributed by atoms with van der Waals surface area (Å²) in [6.45, 7) is 4.91. The van der Waals surface area contributed by atoms with E-state index in [1.54, 1.807) is 13.0 Å². The van der Waals surface area contributed by atoms with Crippen LogP contribution in [-0.4, -0.2) is 13.2 Å². The number of hydrogen-bond acceptors (Lipinski definition) is 2. The normalized spacial score (nSPS) is 15.8. The number of hydrogen-bond donors (Lipinski definition) is 0. The number of halogens is 2. The van der Waals surface area contributed by atoms with Crippen molar-refractivity contribution in [3.8, 4) is 28.0 Å². The average Bonchev–Trinajstić information content (AvgIpc) is 2.83. The summed E-state index contributed by atoms with van der Waals surface area (Å²) in [4.78, 5) is 0. The van der Waals surface area contributed by atoms with Crippen molar-refractivity contribution in [1.29, 1.82) is 0 Å². The Kier molecular flexibility index (Phi) is 6.89. The fraction of sp³-hybridized carbons (Fsp3) is 0.286. The second-order valence-electron chi connectivity index (χ2n) is 8.04. The van der Waals surface area contributed by atoms with Gasteiger partial charge in [-0.1, -0.05) is 55.5 Å². The van der Waals surface area contributed by atoms with E-state index in [-0.39, 0.29) is 17.9 Å². The highest BCUT2D eigenvalue weighted by atomic mass is 19.2. The highest BCUT2D eigenvalue weighted by molar-refractivity contribution is 5.71. The number of benzene rings is 3. The summed E-state index contributed by atoms with van der Waals surface area (Å²) in [7, 11) is 0. The van der Waals surface area contributed by atoms with Gasteiger partial charge in [0.15, 0.2) is 11.6 Å². The summed E-state index contributed by atoms with van der Waals surface area (Å²) in [6, 6.07) is 19.0. The fourth-order valence-corrected chi connectivity index (χ4v) is 4.07. The number of allylic oxidation sites excluding steroid dienone is 2. The minimum absolute atomic E-state index is 0.0640. The molecule has 0 fully saturated rings. The molecule has 1 atom stereocenters. The molecule has 2 nitrogen and oxygen atoms in total. The molecular weight excluding hydrogens is 406 g/mol. The van der Waals surface area contributed by atoms with Crippen LogP contribution in [0, 0.1) is 11.6 Å². The average molecular weight is 435 g/mol. The van der Waals surface area contributed by atoms with Crippen LogP contribution in [0.2, 0.25) is 0 Å². The summed E-state index contributed by atoms with van der Waals surface area (Å²) < 4.78 is 39.8. The molecule has 0 radical (unpaired) electrons. The van der Waals surface area contributed by atoms with E-state index in [0.717, 1.165) is 42.8 Å². The first-order chi connectivity index (χ1) is 15.6. The zero-order chi connectivity index (χ0) is 22.5. The van der Waals surface area contributed by atoms with E-state index < -0.39 is 11.6 Å². The molecule has 0 saturated heterocycles. The lowest BCUT2D eigenvalue weighted by Gasteiger charge is -2.23. The Morgan fingerprint density at radius 2 is 1.50 bits per heavy atom. The Labute approximate surface area is 188 Å². The molecule has 0 saturated carbocycles. The van der Waals surface area contributed by atoms with E-state index in [9.17, 15) is 8.78 Å². The molecule has 4 heteroatoms. The Bertz CT molecular complexity index is 1090. The quantitative estimate of drug-likeness (QED) is 0.376. The molecule has 166 valence electrons. The van der Waals surface area contributed by atoms with E-state index >= 15 is 0 Å². The zero-order valence-corrected chi connectivity index (χ0v) is 18.5. The van der Waals surface area contributed by atoms with Gasteiger partial charge in [-0.3, -0.25) is 0 Å². The second-order valence-corrected chi connectivity index (χ2v) is 8.04. The summed E-state index contributed by atoms with van der Waals surface area (Å²) >= 11 is 0. The molecular formula is C28H28F2O2. The molecule has 0 bridgehead atoms. The van der Waals surface area contributed by atoms with Crippen LogP contribution in [0.5, 0.6) is 5.75 Å². The molecule has 1 heterocycles. The van der Waals surface area contributed by atoms with E-state index in [1.165, 1.54) is 11.6 Å². The van der Waals surface area contributed by atoms with E-state index in [1.807, 2.05) is 24.3 Å². The largest absolute Gasteiger partial charge is 0.498 e. The molecule has 1 unspecified atom stereocenters. The van der Waals surface area contributed by atoms with Gasteiger partial charge in [-0.05, 0) is 60.2 Å². The van der Waals surface area contributed by atoms with Gasteiger partial charge in [-0.2, -0.15) is 4.39 Å². The van der Waals surface area contributed by atoms with Crippen LogP contribution in [0.4, 0.5) is 8.78 Å². The van der Waals surface area contributed by atoms with E-state index in [2.05, 4.69) is 37.3 Å². The van der Waals surface area contributed by atoms with Crippen LogP contribution in [0.3, 0.4) is 0 Å².